The molecule has 34 heavy (non-hydrogen) atoms. The molecule has 0 spiro atoms. The predicted octanol–water partition coefficient (Wildman–Crippen LogP) is 4.59. The lowest BCUT2D eigenvalue weighted by atomic mass is 10.1. The summed E-state index contributed by atoms with van der Waals surface area (Å²) in [6.07, 6.45) is 4.39. The molecule has 7 nitrogen and oxygen atoms in total. The van der Waals surface area contributed by atoms with Crippen molar-refractivity contribution >= 4 is 35.0 Å². The van der Waals surface area contributed by atoms with E-state index in [1.54, 1.807) is 4.90 Å². The van der Waals surface area contributed by atoms with Gasteiger partial charge in [0.25, 0.3) is 0 Å². The van der Waals surface area contributed by atoms with E-state index in [2.05, 4.69) is 27.0 Å². The lowest BCUT2D eigenvalue weighted by Crippen LogP contribution is -2.40. The van der Waals surface area contributed by atoms with E-state index in [9.17, 15) is 9.59 Å². The van der Waals surface area contributed by atoms with Crippen LogP contribution in [0.2, 0.25) is 0 Å². The van der Waals surface area contributed by atoms with Gasteiger partial charge in [-0.1, -0.05) is 54.2 Å². The highest BCUT2D eigenvalue weighted by molar-refractivity contribution is 7.99. The van der Waals surface area contributed by atoms with Crippen LogP contribution in [0.4, 0.5) is 11.4 Å². The van der Waals surface area contributed by atoms with Gasteiger partial charge in [-0.3, -0.25) is 9.59 Å². The van der Waals surface area contributed by atoms with Crippen molar-refractivity contribution in [1.29, 1.82) is 0 Å². The van der Waals surface area contributed by atoms with Gasteiger partial charge in [0.05, 0.1) is 41.7 Å². The molecule has 2 aliphatic heterocycles. The fraction of sp³-hybridized carbons (Fsp3) is 0.346. The Labute approximate surface area is 203 Å². The molecule has 1 saturated heterocycles. The van der Waals surface area contributed by atoms with Crippen LogP contribution < -0.4 is 10.2 Å². The van der Waals surface area contributed by atoms with E-state index in [0.29, 0.717) is 12.2 Å². The monoisotopic (exact) mass is 476 g/mol. The van der Waals surface area contributed by atoms with Crippen LogP contribution in [-0.4, -0.2) is 45.9 Å². The standard InChI is InChI=1S/C26H28N4O3S/c1-18-14-24(31)28-21-11-5-6-12-22(21)30(18)25(32)17-34-26-27-15-23(19-8-3-2-4-9-19)29(26)16-20-10-7-13-33-20/h2-6,8-9,11-12,15,18,20H,7,10,13-14,16-17H2,1H3,(H,28,31). The molecular formula is C26H28N4O3S. The summed E-state index contributed by atoms with van der Waals surface area (Å²) >= 11 is 1.43. The number of hydrogen-bond acceptors (Lipinski definition) is 5. The number of benzene rings is 2. The number of anilines is 2. The number of hydrogen-bond donors (Lipinski definition) is 1. The van der Waals surface area contributed by atoms with Crippen molar-refractivity contribution in [3.05, 3.63) is 60.8 Å². The molecule has 1 N–H and O–H groups in total. The maximum atomic E-state index is 13.4. The molecule has 176 valence electrons. The molecule has 2 atom stereocenters. The number of aromatic nitrogens is 2. The molecule has 0 saturated carbocycles. The number of imidazole rings is 1. The normalized spacial score (nSPS) is 20.0. The first kappa shape index (κ1) is 22.7. The summed E-state index contributed by atoms with van der Waals surface area (Å²) in [6, 6.07) is 17.4. The molecule has 3 aromatic rings. The molecule has 2 aliphatic rings. The Morgan fingerprint density at radius 1 is 1.18 bits per heavy atom. The van der Waals surface area contributed by atoms with E-state index >= 15 is 0 Å². The second kappa shape index (κ2) is 10.0. The Morgan fingerprint density at radius 3 is 2.76 bits per heavy atom. The summed E-state index contributed by atoms with van der Waals surface area (Å²) in [7, 11) is 0. The largest absolute Gasteiger partial charge is 0.376 e. The Bertz CT molecular complexity index is 1170. The van der Waals surface area contributed by atoms with Gasteiger partial charge in [0.1, 0.15) is 0 Å². The summed E-state index contributed by atoms with van der Waals surface area (Å²) in [5.74, 6) is 0.0979. The van der Waals surface area contributed by atoms with E-state index in [1.807, 2.05) is 55.6 Å². The predicted molar refractivity (Wildman–Crippen MR) is 134 cm³/mol. The Morgan fingerprint density at radius 2 is 1.97 bits per heavy atom. The summed E-state index contributed by atoms with van der Waals surface area (Å²) in [6.45, 7) is 3.41. The molecule has 5 rings (SSSR count). The average molecular weight is 477 g/mol. The van der Waals surface area contributed by atoms with Crippen LogP contribution in [0.3, 0.4) is 0 Å². The third-order valence-corrected chi connectivity index (χ3v) is 7.23. The highest BCUT2D eigenvalue weighted by Crippen LogP contribution is 2.33. The second-order valence-electron chi connectivity index (χ2n) is 8.71. The zero-order valence-electron chi connectivity index (χ0n) is 19.1. The van der Waals surface area contributed by atoms with Crippen LogP contribution in [0.1, 0.15) is 26.2 Å². The van der Waals surface area contributed by atoms with Gasteiger partial charge in [-0.15, -0.1) is 0 Å². The van der Waals surface area contributed by atoms with Crippen molar-refractivity contribution in [2.75, 3.05) is 22.6 Å². The summed E-state index contributed by atoms with van der Waals surface area (Å²) in [5.41, 5.74) is 3.51. The maximum absolute atomic E-state index is 13.4. The molecule has 0 radical (unpaired) electrons. The molecule has 3 heterocycles. The van der Waals surface area contributed by atoms with Crippen LogP contribution in [-0.2, 0) is 20.9 Å². The van der Waals surface area contributed by atoms with Gasteiger partial charge in [0.2, 0.25) is 11.8 Å². The SMILES string of the molecule is CC1CC(=O)Nc2ccccc2N1C(=O)CSc1ncc(-c2ccccc2)n1CC1CCCO1. The van der Waals surface area contributed by atoms with Gasteiger partial charge in [-0.2, -0.15) is 0 Å². The molecule has 1 fully saturated rings. The van der Waals surface area contributed by atoms with Gasteiger partial charge in [0.15, 0.2) is 5.16 Å². The highest BCUT2D eigenvalue weighted by Gasteiger charge is 2.30. The van der Waals surface area contributed by atoms with Gasteiger partial charge in [0, 0.05) is 19.1 Å². The zero-order valence-corrected chi connectivity index (χ0v) is 20.0. The molecule has 8 heteroatoms. The van der Waals surface area contributed by atoms with Crippen molar-refractivity contribution in [2.45, 2.75) is 50.0 Å². The Balaban J connectivity index is 1.39. The van der Waals surface area contributed by atoms with Gasteiger partial charge < -0.3 is 19.5 Å². The van der Waals surface area contributed by atoms with Crippen molar-refractivity contribution in [3.63, 3.8) is 0 Å². The number of ether oxygens (including phenoxy) is 1. The molecule has 0 aliphatic carbocycles. The van der Waals surface area contributed by atoms with Crippen LogP contribution >= 0.6 is 11.8 Å². The number of rotatable bonds is 6. The minimum atomic E-state index is -0.233. The third kappa shape index (κ3) is 4.74. The number of para-hydroxylation sites is 2. The van der Waals surface area contributed by atoms with Gasteiger partial charge >= 0.3 is 0 Å². The van der Waals surface area contributed by atoms with Crippen molar-refractivity contribution in [3.8, 4) is 11.3 Å². The molecule has 2 aromatic carbocycles. The number of amides is 2. The lowest BCUT2D eigenvalue weighted by molar-refractivity contribution is -0.117. The number of fused-ring (bicyclic) bond motifs is 1. The van der Waals surface area contributed by atoms with E-state index in [-0.39, 0.29) is 36.1 Å². The van der Waals surface area contributed by atoms with E-state index in [0.717, 1.165) is 41.5 Å². The highest BCUT2D eigenvalue weighted by atomic mass is 32.2. The number of carbonyl (C=O) groups is 2. The van der Waals surface area contributed by atoms with Crippen LogP contribution in [0.25, 0.3) is 11.3 Å². The van der Waals surface area contributed by atoms with E-state index in [1.165, 1.54) is 11.8 Å². The molecule has 2 amide bonds. The first-order chi connectivity index (χ1) is 16.6. The van der Waals surface area contributed by atoms with Gasteiger partial charge in [-0.05, 0) is 37.5 Å². The number of thioether (sulfide) groups is 1. The fourth-order valence-electron chi connectivity index (χ4n) is 4.65. The maximum Gasteiger partial charge on any atom is 0.237 e. The fourth-order valence-corrected chi connectivity index (χ4v) is 5.49. The van der Waals surface area contributed by atoms with Crippen LogP contribution in [0.15, 0.2) is 66.0 Å². The Hall–Kier alpha value is -3.10. The molecular weight excluding hydrogens is 448 g/mol. The van der Waals surface area contributed by atoms with Gasteiger partial charge in [-0.25, -0.2) is 4.98 Å². The topological polar surface area (TPSA) is 76.5 Å². The molecule has 2 unspecified atom stereocenters. The smallest absolute Gasteiger partial charge is 0.237 e. The summed E-state index contributed by atoms with van der Waals surface area (Å²) < 4.78 is 8.07. The average Bonchev–Trinajstić information content (AvgIpc) is 3.47. The lowest BCUT2D eigenvalue weighted by Gasteiger charge is -2.27. The van der Waals surface area contributed by atoms with Crippen LogP contribution in [0.5, 0.6) is 0 Å². The summed E-state index contributed by atoms with van der Waals surface area (Å²) in [5, 5.41) is 3.71. The van der Waals surface area contributed by atoms with Crippen molar-refractivity contribution < 1.29 is 14.3 Å². The second-order valence-corrected chi connectivity index (χ2v) is 9.65. The first-order valence-corrected chi connectivity index (χ1v) is 12.6. The van der Waals surface area contributed by atoms with Crippen molar-refractivity contribution in [1.82, 2.24) is 9.55 Å². The minimum Gasteiger partial charge on any atom is -0.376 e. The number of nitrogens with one attached hydrogen (secondary N) is 1. The number of nitrogens with zero attached hydrogens (tertiary/aromatic N) is 3. The van der Waals surface area contributed by atoms with Crippen LogP contribution in [0, 0.1) is 0 Å². The van der Waals surface area contributed by atoms with E-state index in [4.69, 9.17) is 4.74 Å². The third-order valence-electron chi connectivity index (χ3n) is 6.25. The van der Waals surface area contributed by atoms with E-state index < -0.39 is 0 Å². The quantitative estimate of drug-likeness (QED) is 0.527. The zero-order chi connectivity index (χ0) is 23.5. The number of carbonyl (C=O) groups excluding carboxylic acids is 2. The Kier molecular flexibility index (Phi) is 6.69. The van der Waals surface area contributed by atoms with Crippen molar-refractivity contribution in [2.24, 2.45) is 0 Å². The molecule has 0 bridgehead atoms. The molecule has 1 aromatic heterocycles. The summed E-state index contributed by atoms with van der Waals surface area (Å²) in [4.78, 5) is 32.1. The first-order valence-electron chi connectivity index (χ1n) is 11.7. The minimum absolute atomic E-state index is 0.0469.